The van der Waals surface area contributed by atoms with Crippen molar-refractivity contribution in [3.8, 4) is 18.1 Å². The van der Waals surface area contributed by atoms with E-state index in [0.29, 0.717) is 22.6 Å². The highest BCUT2D eigenvalue weighted by atomic mass is 79.9. The molecule has 2 aromatic rings. The van der Waals surface area contributed by atoms with Crippen molar-refractivity contribution in [2.45, 2.75) is 0 Å². The van der Waals surface area contributed by atoms with Crippen molar-refractivity contribution >= 4 is 33.7 Å². The number of rotatable bonds is 5. The number of terminal acetylenes is 1. The van der Waals surface area contributed by atoms with Crippen molar-refractivity contribution < 1.29 is 9.53 Å². The van der Waals surface area contributed by atoms with E-state index in [-0.39, 0.29) is 12.5 Å². The van der Waals surface area contributed by atoms with Gasteiger partial charge in [-0.05, 0) is 30.3 Å². The molecule has 0 fully saturated rings. The molecule has 0 radical (unpaired) electrons. The fourth-order valence-corrected chi connectivity index (χ4v) is 2.17. The lowest BCUT2D eigenvalue weighted by atomic mass is 10.2. The largest absolute Gasteiger partial charge is 0.480 e. The molecule has 0 heterocycles. The zero-order valence-corrected chi connectivity index (χ0v) is 13.7. The van der Waals surface area contributed by atoms with Crippen molar-refractivity contribution in [1.29, 1.82) is 0 Å². The number of anilines is 1. The second-order valence-corrected chi connectivity index (χ2v) is 5.38. The second kappa shape index (κ2) is 8.01. The van der Waals surface area contributed by atoms with Gasteiger partial charge in [0.25, 0.3) is 5.91 Å². The number of carbonyl (C=O) groups is 1. The average Bonchev–Trinajstić information content (AvgIpc) is 2.54. The second-order valence-electron chi connectivity index (χ2n) is 4.46. The minimum atomic E-state index is -0.388. The van der Waals surface area contributed by atoms with Crippen molar-refractivity contribution in [3.63, 3.8) is 0 Å². The quantitative estimate of drug-likeness (QED) is 0.367. The van der Waals surface area contributed by atoms with Gasteiger partial charge in [-0.1, -0.05) is 34.0 Å². The number of nitrogens with zero attached hydrogens (tertiary/aromatic N) is 1. The Morgan fingerprint density at radius 2 is 2.17 bits per heavy atom. The lowest BCUT2D eigenvalue weighted by molar-refractivity contribution is 0.0956. The molecule has 1 amide bonds. The summed E-state index contributed by atoms with van der Waals surface area (Å²) in [5, 5.41) is 3.94. The molecule has 2 aromatic carbocycles. The van der Waals surface area contributed by atoms with Crippen LogP contribution in [-0.2, 0) is 0 Å². The van der Waals surface area contributed by atoms with Crippen LogP contribution in [0.3, 0.4) is 0 Å². The summed E-state index contributed by atoms with van der Waals surface area (Å²) in [5.74, 6) is 2.58. The number of hydrogen-bond donors (Lipinski definition) is 2. The Hall–Kier alpha value is -2.78. The molecule has 0 atom stereocenters. The minimum Gasteiger partial charge on any atom is -0.480 e. The van der Waals surface area contributed by atoms with Gasteiger partial charge >= 0.3 is 0 Å². The first-order chi connectivity index (χ1) is 11.1. The van der Waals surface area contributed by atoms with Crippen LogP contribution in [0.15, 0.2) is 52.0 Å². The Balaban J connectivity index is 2.11. The molecule has 0 saturated carbocycles. The Morgan fingerprint density at radius 1 is 1.39 bits per heavy atom. The topological polar surface area (TPSA) is 76.7 Å². The third-order valence-corrected chi connectivity index (χ3v) is 3.35. The summed E-state index contributed by atoms with van der Waals surface area (Å²) in [6, 6.07) is 12.2. The van der Waals surface area contributed by atoms with Gasteiger partial charge in [0.05, 0.1) is 11.8 Å². The molecule has 23 heavy (non-hydrogen) atoms. The molecule has 0 bridgehead atoms. The van der Waals surface area contributed by atoms with Gasteiger partial charge in [-0.3, -0.25) is 4.79 Å². The number of halogens is 1. The highest BCUT2D eigenvalue weighted by Gasteiger charge is 2.07. The van der Waals surface area contributed by atoms with Gasteiger partial charge in [0.1, 0.15) is 12.4 Å². The SMILES string of the molecule is C#CCOc1ccc(Br)cc1/C=N\NC(=O)c1ccccc1N. The third kappa shape index (κ3) is 4.59. The number of nitrogen functional groups attached to an aromatic ring is 1. The number of amides is 1. The molecular formula is C17H14BrN3O2. The number of nitrogens with two attached hydrogens (primary N) is 1. The molecule has 0 spiro atoms. The van der Waals surface area contributed by atoms with E-state index in [4.69, 9.17) is 16.9 Å². The number of carbonyl (C=O) groups excluding carboxylic acids is 1. The Bertz CT molecular complexity index is 782. The van der Waals surface area contributed by atoms with E-state index in [2.05, 4.69) is 32.4 Å². The van der Waals surface area contributed by atoms with Gasteiger partial charge in [-0.2, -0.15) is 5.10 Å². The normalized spacial score (nSPS) is 10.3. The smallest absolute Gasteiger partial charge is 0.273 e. The fourth-order valence-electron chi connectivity index (χ4n) is 1.80. The zero-order chi connectivity index (χ0) is 16.7. The van der Waals surface area contributed by atoms with E-state index < -0.39 is 0 Å². The summed E-state index contributed by atoms with van der Waals surface area (Å²) in [4.78, 5) is 12.0. The van der Waals surface area contributed by atoms with E-state index in [0.717, 1.165) is 4.47 Å². The lowest BCUT2D eigenvalue weighted by Gasteiger charge is -2.07. The first-order valence-electron chi connectivity index (χ1n) is 6.65. The molecule has 6 heteroatoms. The summed E-state index contributed by atoms with van der Waals surface area (Å²) in [7, 11) is 0. The molecule has 5 nitrogen and oxygen atoms in total. The number of hydrogen-bond acceptors (Lipinski definition) is 4. The molecule has 116 valence electrons. The molecule has 2 rings (SSSR count). The van der Waals surface area contributed by atoms with E-state index in [9.17, 15) is 4.79 Å². The van der Waals surface area contributed by atoms with Crippen LogP contribution in [0.4, 0.5) is 5.69 Å². The van der Waals surface area contributed by atoms with Gasteiger partial charge in [0.15, 0.2) is 0 Å². The van der Waals surface area contributed by atoms with Gasteiger partial charge < -0.3 is 10.5 Å². The van der Waals surface area contributed by atoms with Crippen molar-refractivity contribution in [2.75, 3.05) is 12.3 Å². The molecule has 0 aliphatic carbocycles. The van der Waals surface area contributed by atoms with Crippen LogP contribution < -0.4 is 15.9 Å². The molecule has 0 aromatic heterocycles. The van der Waals surface area contributed by atoms with Crippen LogP contribution in [0.5, 0.6) is 5.75 Å². The van der Waals surface area contributed by atoms with E-state index >= 15 is 0 Å². The fraction of sp³-hybridized carbons (Fsp3) is 0.0588. The van der Waals surface area contributed by atoms with E-state index in [1.54, 1.807) is 36.4 Å². The third-order valence-electron chi connectivity index (χ3n) is 2.86. The molecule has 0 saturated heterocycles. The summed E-state index contributed by atoms with van der Waals surface area (Å²) in [6.07, 6.45) is 6.67. The Kier molecular flexibility index (Phi) is 5.78. The number of hydrazone groups is 1. The predicted octanol–water partition coefficient (Wildman–Crippen LogP) is 2.81. The molecule has 0 aliphatic heterocycles. The summed E-state index contributed by atoms with van der Waals surface area (Å²) >= 11 is 3.37. The predicted molar refractivity (Wildman–Crippen MR) is 94.4 cm³/mol. The molecule has 0 unspecified atom stereocenters. The maximum atomic E-state index is 12.0. The first kappa shape index (κ1) is 16.6. The van der Waals surface area contributed by atoms with Crippen LogP contribution in [0.2, 0.25) is 0 Å². The monoisotopic (exact) mass is 371 g/mol. The van der Waals surface area contributed by atoms with Crippen molar-refractivity contribution in [2.24, 2.45) is 5.10 Å². The standard InChI is InChI=1S/C17H14BrN3O2/c1-2-9-23-16-8-7-13(18)10-12(16)11-20-21-17(22)14-5-3-4-6-15(14)19/h1,3-8,10-11H,9,19H2,(H,21,22)/b20-11-. The number of ether oxygens (including phenoxy) is 1. The molecule has 3 N–H and O–H groups in total. The van der Waals surface area contributed by atoms with Crippen molar-refractivity contribution in [1.82, 2.24) is 5.43 Å². The zero-order valence-electron chi connectivity index (χ0n) is 12.1. The number of nitrogens with one attached hydrogen (secondary N) is 1. The van der Waals surface area contributed by atoms with E-state index in [1.165, 1.54) is 6.21 Å². The average molecular weight is 372 g/mol. The maximum absolute atomic E-state index is 12.0. The number of para-hydroxylation sites is 1. The summed E-state index contributed by atoms with van der Waals surface area (Å²) in [5.41, 5.74) is 9.61. The Morgan fingerprint density at radius 3 is 2.91 bits per heavy atom. The molecular weight excluding hydrogens is 358 g/mol. The van der Waals surface area contributed by atoms with Gasteiger partial charge in [0, 0.05) is 15.7 Å². The van der Waals surface area contributed by atoms with Crippen LogP contribution in [0.25, 0.3) is 0 Å². The van der Waals surface area contributed by atoms with Gasteiger partial charge in [-0.15, -0.1) is 6.42 Å². The lowest BCUT2D eigenvalue weighted by Crippen LogP contribution is -2.19. The highest BCUT2D eigenvalue weighted by molar-refractivity contribution is 9.10. The van der Waals surface area contributed by atoms with Crippen LogP contribution >= 0.6 is 15.9 Å². The van der Waals surface area contributed by atoms with Crippen LogP contribution in [0, 0.1) is 12.3 Å². The van der Waals surface area contributed by atoms with Gasteiger partial charge in [0.2, 0.25) is 0 Å². The first-order valence-corrected chi connectivity index (χ1v) is 7.45. The minimum absolute atomic E-state index is 0.148. The Labute approximate surface area is 142 Å². The summed E-state index contributed by atoms with van der Waals surface area (Å²) < 4.78 is 6.27. The maximum Gasteiger partial charge on any atom is 0.273 e. The van der Waals surface area contributed by atoms with Crippen LogP contribution in [0.1, 0.15) is 15.9 Å². The number of benzene rings is 2. The van der Waals surface area contributed by atoms with Crippen LogP contribution in [-0.4, -0.2) is 18.7 Å². The highest BCUT2D eigenvalue weighted by Crippen LogP contribution is 2.21. The van der Waals surface area contributed by atoms with Crippen molar-refractivity contribution in [3.05, 3.63) is 58.1 Å². The summed E-state index contributed by atoms with van der Waals surface area (Å²) in [6.45, 7) is 0.148. The van der Waals surface area contributed by atoms with E-state index in [1.807, 2.05) is 6.07 Å². The van der Waals surface area contributed by atoms with Gasteiger partial charge in [-0.25, -0.2) is 5.43 Å². The molecule has 0 aliphatic rings.